The van der Waals surface area contributed by atoms with Crippen LogP contribution in [-0.4, -0.2) is 13.0 Å². The molecular formula is C22H20INO3. The third kappa shape index (κ3) is 5.23. The number of nitrogens with one attached hydrogen (secondary N) is 1. The smallest absolute Gasteiger partial charge is 0.255 e. The van der Waals surface area contributed by atoms with Crippen molar-refractivity contribution in [2.45, 2.75) is 13.5 Å². The van der Waals surface area contributed by atoms with Crippen molar-refractivity contribution >= 4 is 34.2 Å². The first kappa shape index (κ1) is 19.2. The molecule has 3 aromatic carbocycles. The van der Waals surface area contributed by atoms with Crippen LogP contribution < -0.4 is 14.8 Å². The number of carbonyl (C=O) groups excluding carboxylic acids is 1. The lowest BCUT2D eigenvalue weighted by molar-refractivity contribution is 0.102. The summed E-state index contributed by atoms with van der Waals surface area (Å²) < 4.78 is 12.4. The molecule has 5 heteroatoms. The minimum atomic E-state index is -0.171. The fourth-order valence-corrected chi connectivity index (χ4v) is 2.99. The fourth-order valence-electron chi connectivity index (χ4n) is 2.64. The molecule has 0 fully saturated rings. The van der Waals surface area contributed by atoms with Crippen LogP contribution in [0.3, 0.4) is 0 Å². The molecular weight excluding hydrogens is 453 g/mol. The van der Waals surface area contributed by atoms with Crippen LogP contribution in [0.2, 0.25) is 0 Å². The molecule has 1 amide bonds. The molecule has 0 atom stereocenters. The second kappa shape index (κ2) is 8.90. The van der Waals surface area contributed by atoms with E-state index < -0.39 is 0 Å². The topological polar surface area (TPSA) is 47.6 Å². The molecule has 0 radical (unpaired) electrons. The highest BCUT2D eigenvalue weighted by Gasteiger charge is 2.11. The predicted octanol–water partition coefficient (Wildman–Crippen LogP) is 5.44. The fraction of sp³-hybridized carbons (Fsp3) is 0.136. The van der Waals surface area contributed by atoms with Gasteiger partial charge in [0.15, 0.2) is 0 Å². The molecule has 0 heterocycles. The number of benzene rings is 3. The monoisotopic (exact) mass is 473 g/mol. The molecule has 0 saturated carbocycles. The number of hydrogen-bond acceptors (Lipinski definition) is 3. The second-order valence-corrected chi connectivity index (χ2v) is 7.34. The molecule has 0 spiro atoms. The Hall–Kier alpha value is -2.54. The van der Waals surface area contributed by atoms with Crippen molar-refractivity contribution in [3.05, 3.63) is 87.0 Å². The van der Waals surface area contributed by atoms with Gasteiger partial charge in [-0.15, -0.1) is 0 Å². The Bertz CT molecular complexity index is 939. The van der Waals surface area contributed by atoms with Crippen LogP contribution >= 0.6 is 22.6 Å². The molecule has 27 heavy (non-hydrogen) atoms. The SMILES string of the molecule is COc1ccc(C(=O)Nc2ccc(I)cc2)cc1COc1cccc(C)c1. The first-order valence-corrected chi connectivity index (χ1v) is 9.56. The highest BCUT2D eigenvalue weighted by Crippen LogP contribution is 2.23. The van der Waals surface area contributed by atoms with Gasteiger partial charge in [0.05, 0.1) is 7.11 Å². The molecule has 0 unspecified atom stereocenters. The van der Waals surface area contributed by atoms with Crippen molar-refractivity contribution in [3.63, 3.8) is 0 Å². The standard InChI is InChI=1S/C22H20INO3/c1-15-4-3-5-20(12-15)27-14-17-13-16(6-11-21(17)26-2)22(25)24-19-9-7-18(23)8-10-19/h3-13H,14H2,1-2H3,(H,24,25). The Morgan fingerprint density at radius 1 is 1.04 bits per heavy atom. The Balaban J connectivity index is 1.75. The summed E-state index contributed by atoms with van der Waals surface area (Å²) in [7, 11) is 1.61. The highest BCUT2D eigenvalue weighted by atomic mass is 127. The molecule has 3 rings (SSSR count). The van der Waals surface area contributed by atoms with Crippen molar-refractivity contribution < 1.29 is 14.3 Å². The maximum absolute atomic E-state index is 12.6. The van der Waals surface area contributed by atoms with Crippen LogP contribution in [0, 0.1) is 10.5 Å². The molecule has 0 aromatic heterocycles. The van der Waals surface area contributed by atoms with Crippen LogP contribution in [0.1, 0.15) is 21.5 Å². The van der Waals surface area contributed by atoms with E-state index in [0.29, 0.717) is 17.9 Å². The number of amides is 1. The van der Waals surface area contributed by atoms with E-state index >= 15 is 0 Å². The number of anilines is 1. The van der Waals surface area contributed by atoms with E-state index in [1.807, 2.05) is 55.5 Å². The zero-order valence-electron chi connectivity index (χ0n) is 15.2. The summed E-state index contributed by atoms with van der Waals surface area (Å²) in [5, 5.41) is 2.91. The lowest BCUT2D eigenvalue weighted by atomic mass is 10.1. The summed E-state index contributed by atoms with van der Waals surface area (Å²) in [6.07, 6.45) is 0. The van der Waals surface area contributed by atoms with Gasteiger partial charge in [-0.2, -0.15) is 0 Å². The summed E-state index contributed by atoms with van der Waals surface area (Å²) >= 11 is 2.23. The van der Waals surface area contributed by atoms with Gasteiger partial charge in [0.2, 0.25) is 0 Å². The largest absolute Gasteiger partial charge is 0.496 e. The normalized spacial score (nSPS) is 10.3. The molecule has 0 aliphatic carbocycles. The second-order valence-electron chi connectivity index (χ2n) is 6.09. The minimum Gasteiger partial charge on any atom is -0.496 e. The van der Waals surface area contributed by atoms with Gasteiger partial charge < -0.3 is 14.8 Å². The van der Waals surface area contributed by atoms with Crippen LogP contribution in [0.4, 0.5) is 5.69 Å². The third-order valence-electron chi connectivity index (χ3n) is 4.03. The lowest BCUT2D eigenvalue weighted by Gasteiger charge is -2.13. The van der Waals surface area contributed by atoms with E-state index in [1.165, 1.54) is 0 Å². The highest BCUT2D eigenvalue weighted by molar-refractivity contribution is 14.1. The number of aryl methyl sites for hydroxylation is 1. The molecule has 138 valence electrons. The summed E-state index contributed by atoms with van der Waals surface area (Å²) in [6.45, 7) is 2.33. The number of carbonyl (C=O) groups is 1. The number of methoxy groups -OCH3 is 1. The van der Waals surface area contributed by atoms with Crippen molar-refractivity contribution in [1.29, 1.82) is 0 Å². The third-order valence-corrected chi connectivity index (χ3v) is 4.75. The Morgan fingerprint density at radius 2 is 1.81 bits per heavy atom. The van der Waals surface area contributed by atoms with Gasteiger partial charge in [0, 0.05) is 20.4 Å². The molecule has 3 aromatic rings. The van der Waals surface area contributed by atoms with Crippen molar-refractivity contribution in [1.82, 2.24) is 0 Å². The van der Waals surface area contributed by atoms with Gasteiger partial charge in [-0.3, -0.25) is 4.79 Å². The Morgan fingerprint density at radius 3 is 2.52 bits per heavy atom. The van der Waals surface area contributed by atoms with Crippen LogP contribution in [-0.2, 0) is 6.61 Å². The average Bonchev–Trinajstić information content (AvgIpc) is 2.68. The number of ether oxygens (including phenoxy) is 2. The van der Waals surface area contributed by atoms with E-state index in [0.717, 1.165) is 26.1 Å². The van der Waals surface area contributed by atoms with Crippen molar-refractivity contribution in [2.24, 2.45) is 0 Å². The molecule has 0 aliphatic heterocycles. The number of rotatable bonds is 6. The zero-order valence-corrected chi connectivity index (χ0v) is 17.3. The van der Waals surface area contributed by atoms with Gasteiger partial charge >= 0.3 is 0 Å². The Kier molecular flexibility index (Phi) is 6.34. The van der Waals surface area contributed by atoms with Crippen LogP contribution in [0.5, 0.6) is 11.5 Å². The zero-order chi connectivity index (χ0) is 19.2. The average molecular weight is 473 g/mol. The molecule has 0 bridgehead atoms. The summed E-state index contributed by atoms with van der Waals surface area (Å²) in [6, 6.07) is 20.8. The van der Waals surface area contributed by atoms with Crippen LogP contribution in [0.15, 0.2) is 66.7 Å². The maximum atomic E-state index is 12.6. The van der Waals surface area contributed by atoms with Gasteiger partial charge in [0.25, 0.3) is 5.91 Å². The quantitative estimate of drug-likeness (QED) is 0.486. The minimum absolute atomic E-state index is 0.171. The summed E-state index contributed by atoms with van der Waals surface area (Å²) in [4.78, 5) is 12.6. The molecule has 0 saturated heterocycles. The van der Waals surface area contributed by atoms with Crippen molar-refractivity contribution in [2.75, 3.05) is 12.4 Å². The summed E-state index contributed by atoms with van der Waals surface area (Å²) in [5.41, 5.74) is 3.25. The van der Waals surface area contributed by atoms with Crippen molar-refractivity contribution in [3.8, 4) is 11.5 Å². The van der Waals surface area contributed by atoms with Gasteiger partial charge in [-0.05, 0) is 89.7 Å². The maximum Gasteiger partial charge on any atom is 0.255 e. The Labute approximate surface area is 172 Å². The number of hydrogen-bond donors (Lipinski definition) is 1. The summed E-state index contributed by atoms with van der Waals surface area (Å²) in [5.74, 6) is 1.30. The van der Waals surface area contributed by atoms with E-state index in [1.54, 1.807) is 25.3 Å². The lowest BCUT2D eigenvalue weighted by Crippen LogP contribution is -2.12. The van der Waals surface area contributed by atoms with E-state index in [-0.39, 0.29) is 5.91 Å². The number of halogens is 1. The first-order chi connectivity index (χ1) is 13.0. The van der Waals surface area contributed by atoms with Crippen LogP contribution in [0.25, 0.3) is 0 Å². The van der Waals surface area contributed by atoms with Gasteiger partial charge in [0.1, 0.15) is 18.1 Å². The van der Waals surface area contributed by atoms with E-state index in [9.17, 15) is 4.79 Å². The molecule has 1 N–H and O–H groups in total. The molecule has 0 aliphatic rings. The van der Waals surface area contributed by atoms with E-state index in [4.69, 9.17) is 9.47 Å². The van der Waals surface area contributed by atoms with E-state index in [2.05, 4.69) is 27.9 Å². The first-order valence-electron chi connectivity index (χ1n) is 8.48. The molecule has 4 nitrogen and oxygen atoms in total. The van der Waals surface area contributed by atoms with Gasteiger partial charge in [-0.25, -0.2) is 0 Å². The predicted molar refractivity (Wildman–Crippen MR) is 116 cm³/mol. The van der Waals surface area contributed by atoms with Gasteiger partial charge in [-0.1, -0.05) is 12.1 Å².